The van der Waals surface area contributed by atoms with Crippen molar-refractivity contribution in [2.45, 2.75) is 26.8 Å². The normalized spacial score (nSPS) is 11.3. The van der Waals surface area contributed by atoms with E-state index in [1.54, 1.807) is 33.0 Å². The monoisotopic (exact) mass is 416 g/mol. The Morgan fingerprint density at radius 1 is 0.903 bits per heavy atom. The van der Waals surface area contributed by atoms with Gasteiger partial charge in [-0.3, -0.25) is 18.7 Å². The van der Waals surface area contributed by atoms with Crippen molar-refractivity contribution in [1.29, 1.82) is 0 Å². The molecule has 7 nitrogen and oxygen atoms in total. The molecule has 7 heteroatoms. The number of aryl methyl sites for hydroxylation is 2. The Morgan fingerprint density at radius 2 is 1.55 bits per heavy atom. The van der Waals surface area contributed by atoms with Crippen LogP contribution in [0.5, 0.6) is 0 Å². The third-order valence-electron chi connectivity index (χ3n) is 5.31. The molecule has 0 fully saturated rings. The van der Waals surface area contributed by atoms with Crippen LogP contribution in [0.25, 0.3) is 16.7 Å². The Kier molecular flexibility index (Phi) is 5.10. The topological polar surface area (TPSA) is 78.0 Å². The molecule has 0 saturated carbocycles. The molecule has 1 N–H and O–H groups in total. The summed E-state index contributed by atoms with van der Waals surface area (Å²) in [7, 11) is 1.57. The first-order chi connectivity index (χ1) is 14.8. The smallest absolute Gasteiger partial charge is 0.337 e. The number of hydrogen-bond acceptors (Lipinski definition) is 4. The second kappa shape index (κ2) is 7.75. The molecule has 0 saturated heterocycles. The van der Waals surface area contributed by atoms with Gasteiger partial charge in [0.2, 0.25) is 0 Å². The maximum Gasteiger partial charge on any atom is 0.337 e. The van der Waals surface area contributed by atoms with Crippen molar-refractivity contribution in [2.24, 2.45) is 7.05 Å². The lowest BCUT2D eigenvalue weighted by molar-refractivity contribution is 0.539. The Bertz CT molecular complexity index is 1440. The number of aromatic nitrogens is 3. The van der Waals surface area contributed by atoms with E-state index in [1.807, 2.05) is 49.4 Å². The predicted octanol–water partition coefficient (Wildman–Crippen LogP) is 3.48. The highest BCUT2D eigenvalue weighted by molar-refractivity contribution is 5.91. The first-order valence-electron chi connectivity index (χ1n) is 10.1. The Balaban J connectivity index is 2.17. The molecule has 158 valence electrons. The van der Waals surface area contributed by atoms with Crippen LogP contribution in [0.2, 0.25) is 0 Å². The number of nitrogens with zero attached hydrogens (tertiary/aromatic N) is 3. The number of para-hydroxylation sites is 1. The first-order valence-corrected chi connectivity index (χ1v) is 10.1. The molecule has 4 aromatic rings. The lowest BCUT2D eigenvalue weighted by Crippen LogP contribution is -2.42. The van der Waals surface area contributed by atoms with E-state index in [1.165, 1.54) is 19.8 Å². The molecule has 0 bridgehead atoms. The molecular formula is C24H24N4O3. The van der Waals surface area contributed by atoms with Crippen molar-refractivity contribution in [3.05, 3.63) is 97.4 Å². The third kappa shape index (κ3) is 3.48. The SMILES string of the molecule is Cc1ccc(Nc2cc(=O)n(C)c3c2c(=O)n(C(C)C)c(=O)n3-c2ccccc2)cc1. The zero-order valence-corrected chi connectivity index (χ0v) is 17.9. The zero-order chi connectivity index (χ0) is 22.3. The second-order valence-electron chi connectivity index (χ2n) is 7.87. The van der Waals surface area contributed by atoms with Gasteiger partial charge in [-0.1, -0.05) is 35.9 Å². The van der Waals surface area contributed by atoms with Gasteiger partial charge in [-0.05, 0) is 45.0 Å². The van der Waals surface area contributed by atoms with Gasteiger partial charge in [0, 0.05) is 24.8 Å². The number of pyridine rings is 1. The van der Waals surface area contributed by atoms with E-state index in [4.69, 9.17) is 0 Å². The summed E-state index contributed by atoms with van der Waals surface area (Å²) in [6, 6.07) is 17.7. The van der Waals surface area contributed by atoms with Crippen LogP contribution in [-0.4, -0.2) is 13.7 Å². The van der Waals surface area contributed by atoms with Crippen LogP contribution in [-0.2, 0) is 7.05 Å². The molecular weight excluding hydrogens is 392 g/mol. The number of hydrogen-bond donors (Lipinski definition) is 1. The molecule has 2 aromatic heterocycles. The maximum absolute atomic E-state index is 13.5. The minimum absolute atomic E-state index is 0.250. The van der Waals surface area contributed by atoms with Gasteiger partial charge in [-0.15, -0.1) is 0 Å². The fourth-order valence-corrected chi connectivity index (χ4v) is 3.72. The molecule has 0 radical (unpaired) electrons. The van der Waals surface area contributed by atoms with Gasteiger partial charge in [-0.2, -0.15) is 0 Å². The van der Waals surface area contributed by atoms with Crippen molar-refractivity contribution in [3.8, 4) is 5.69 Å². The van der Waals surface area contributed by atoms with E-state index < -0.39 is 11.2 Å². The largest absolute Gasteiger partial charge is 0.355 e. The second-order valence-corrected chi connectivity index (χ2v) is 7.87. The zero-order valence-electron chi connectivity index (χ0n) is 17.9. The molecule has 0 spiro atoms. The van der Waals surface area contributed by atoms with Gasteiger partial charge in [0.1, 0.15) is 11.0 Å². The Hall–Kier alpha value is -3.87. The van der Waals surface area contributed by atoms with Crippen LogP contribution >= 0.6 is 0 Å². The highest BCUT2D eigenvalue weighted by Gasteiger charge is 2.21. The lowest BCUT2D eigenvalue weighted by Gasteiger charge is -2.20. The fourth-order valence-electron chi connectivity index (χ4n) is 3.72. The van der Waals surface area contributed by atoms with E-state index in [9.17, 15) is 14.4 Å². The van der Waals surface area contributed by atoms with Crippen LogP contribution < -0.4 is 22.1 Å². The number of benzene rings is 2. The minimum Gasteiger partial charge on any atom is -0.355 e. The summed E-state index contributed by atoms with van der Waals surface area (Å²) in [5, 5.41) is 3.48. The maximum atomic E-state index is 13.5. The van der Waals surface area contributed by atoms with Gasteiger partial charge in [-0.25, -0.2) is 9.36 Å². The number of nitrogens with one attached hydrogen (secondary N) is 1. The predicted molar refractivity (Wildman–Crippen MR) is 124 cm³/mol. The summed E-state index contributed by atoms with van der Waals surface area (Å²) < 4.78 is 3.99. The number of rotatable bonds is 4. The van der Waals surface area contributed by atoms with Crippen LogP contribution in [0, 0.1) is 6.92 Å². The van der Waals surface area contributed by atoms with Gasteiger partial charge < -0.3 is 5.32 Å². The summed E-state index contributed by atoms with van der Waals surface area (Å²) in [4.78, 5) is 39.7. The van der Waals surface area contributed by atoms with Gasteiger partial charge in [0.25, 0.3) is 11.1 Å². The number of anilines is 2. The summed E-state index contributed by atoms with van der Waals surface area (Å²) in [5.41, 5.74) is 1.79. The molecule has 0 aliphatic carbocycles. The highest BCUT2D eigenvalue weighted by atomic mass is 16.2. The molecule has 2 heterocycles. The summed E-state index contributed by atoms with van der Waals surface area (Å²) in [6.07, 6.45) is 0. The van der Waals surface area contributed by atoms with Crippen molar-refractivity contribution < 1.29 is 0 Å². The summed E-state index contributed by atoms with van der Waals surface area (Å²) in [6.45, 7) is 5.56. The van der Waals surface area contributed by atoms with Crippen LogP contribution in [0.1, 0.15) is 25.5 Å². The Labute approximate surface area is 178 Å². The van der Waals surface area contributed by atoms with Crippen LogP contribution in [0.4, 0.5) is 11.4 Å². The number of fused-ring (bicyclic) bond motifs is 1. The fraction of sp³-hybridized carbons (Fsp3) is 0.208. The average molecular weight is 416 g/mol. The molecule has 2 aromatic carbocycles. The molecule has 0 aliphatic rings. The summed E-state index contributed by atoms with van der Waals surface area (Å²) >= 11 is 0. The quantitative estimate of drug-likeness (QED) is 0.553. The highest BCUT2D eigenvalue weighted by Crippen LogP contribution is 2.24. The lowest BCUT2D eigenvalue weighted by atomic mass is 10.2. The van der Waals surface area contributed by atoms with Gasteiger partial charge in [0.15, 0.2) is 0 Å². The third-order valence-corrected chi connectivity index (χ3v) is 5.31. The first kappa shape index (κ1) is 20.4. The van der Waals surface area contributed by atoms with E-state index in [-0.39, 0.29) is 22.6 Å². The molecule has 0 aliphatic heterocycles. The standard InChI is InChI=1S/C24H24N4O3/c1-15(2)27-23(30)21-19(25-17-12-10-16(3)11-13-17)14-20(29)26(4)22(21)28(24(27)31)18-8-6-5-7-9-18/h5-15,25H,1-4H3. The van der Waals surface area contributed by atoms with Crippen molar-refractivity contribution >= 4 is 22.4 Å². The van der Waals surface area contributed by atoms with Gasteiger partial charge in [0.05, 0.1) is 11.4 Å². The summed E-state index contributed by atoms with van der Waals surface area (Å²) in [5.74, 6) is 0. The average Bonchev–Trinajstić information content (AvgIpc) is 2.73. The molecule has 4 rings (SSSR count). The van der Waals surface area contributed by atoms with E-state index >= 15 is 0 Å². The minimum atomic E-state index is -0.485. The van der Waals surface area contributed by atoms with Crippen molar-refractivity contribution in [2.75, 3.05) is 5.32 Å². The Morgan fingerprint density at radius 3 is 2.16 bits per heavy atom. The van der Waals surface area contributed by atoms with Crippen LogP contribution in [0.3, 0.4) is 0 Å². The van der Waals surface area contributed by atoms with E-state index in [2.05, 4.69) is 5.32 Å². The molecule has 31 heavy (non-hydrogen) atoms. The van der Waals surface area contributed by atoms with Crippen LogP contribution in [0.15, 0.2) is 75.0 Å². The molecule has 0 unspecified atom stereocenters. The molecule has 0 amide bonds. The van der Waals surface area contributed by atoms with E-state index in [0.717, 1.165) is 11.3 Å². The van der Waals surface area contributed by atoms with Crippen molar-refractivity contribution in [1.82, 2.24) is 13.7 Å². The molecule has 0 atom stereocenters. The van der Waals surface area contributed by atoms with Crippen molar-refractivity contribution in [3.63, 3.8) is 0 Å². The van der Waals surface area contributed by atoms with Gasteiger partial charge >= 0.3 is 5.69 Å². The van der Waals surface area contributed by atoms with E-state index in [0.29, 0.717) is 11.4 Å².